The summed E-state index contributed by atoms with van der Waals surface area (Å²) in [5.74, 6) is -1.52. The molecular formula is C15H19ClN2O3. The van der Waals surface area contributed by atoms with E-state index < -0.39 is 17.4 Å². The molecule has 0 unspecified atom stereocenters. The second-order valence-electron chi connectivity index (χ2n) is 5.48. The van der Waals surface area contributed by atoms with Gasteiger partial charge in [-0.1, -0.05) is 37.3 Å². The Morgan fingerprint density at radius 2 is 1.81 bits per heavy atom. The van der Waals surface area contributed by atoms with Crippen molar-refractivity contribution in [1.82, 2.24) is 0 Å². The molecule has 0 aliphatic heterocycles. The third-order valence-corrected chi connectivity index (χ3v) is 4.22. The van der Waals surface area contributed by atoms with E-state index in [1.807, 2.05) is 0 Å². The summed E-state index contributed by atoms with van der Waals surface area (Å²) in [5, 5.41) is 13.1. The number of rotatable bonds is 4. The van der Waals surface area contributed by atoms with Crippen molar-refractivity contribution in [3.05, 3.63) is 28.8 Å². The number of carboxylic acid groups (broad SMARTS) is 1. The molecule has 6 heteroatoms. The van der Waals surface area contributed by atoms with E-state index in [1.54, 1.807) is 12.1 Å². The lowest BCUT2D eigenvalue weighted by atomic mass is 9.89. The molecule has 1 fully saturated rings. The van der Waals surface area contributed by atoms with Crippen molar-refractivity contribution in [1.29, 1.82) is 0 Å². The van der Waals surface area contributed by atoms with Crippen LogP contribution in [0.15, 0.2) is 18.2 Å². The normalized spacial score (nSPS) is 17.8. The van der Waals surface area contributed by atoms with Crippen LogP contribution in [0.2, 0.25) is 5.02 Å². The number of hydrogen-bond acceptors (Lipinski definition) is 3. The van der Waals surface area contributed by atoms with Crippen LogP contribution < -0.4 is 11.1 Å². The lowest BCUT2D eigenvalue weighted by Crippen LogP contribution is -2.46. The van der Waals surface area contributed by atoms with Crippen LogP contribution in [0.25, 0.3) is 0 Å². The summed E-state index contributed by atoms with van der Waals surface area (Å²) in [4.78, 5) is 23.3. The summed E-state index contributed by atoms with van der Waals surface area (Å²) in [7, 11) is 0. The Kier molecular flexibility index (Phi) is 4.73. The maximum absolute atomic E-state index is 11.8. The van der Waals surface area contributed by atoms with Crippen LogP contribution in [-0.2, 0) is 4.79 Å². The summed E-state index contributed by atoms with van der Waals surface area (Å²) in [6.07, 6.45) is 4.81. The predicted octanol–water partition coefficient (Wildman–Crippen LogP) is 3.03. The number of primary amides is 1. The minimum Gasteiger partial charge on any atom is -0.480 e. The van der Waals surface area contributed by atoms with Gasteiger partial charge >= 0.3 is 5.97 Å². The fraction of sp³-hybridized carbons (Fsp3) is 0.467. The van der Waals surface area contributed by atoms with Crippen LogP contribution in [0.3, 0.4) is 0 Å². The molecule has 1 aromatic rings. The van der Waals surface area contributed by atoms with Gasteiger partial charge in [0.25, 0.3) is 5.91 Å². The Hall–Kier alpha value is -1.75. The van der Waals surface area contributed by atoms with E-state index >= 15 is 0 Å². The van der Waals surface area contributed by atoms with Crippen LogP contribution >= 0.6 is 11.6 Å². The van der Waals surface area contributed by atoms with Gasteiger partial charge in [0.05, 0.1) is 5.56 Å². The number of hydrogen-bond donors (Lipinski definition) is 3. The van der Waals surface area contributed by atoms with E-state index in [2.05, 4.69) is 5.32 Å². The standard InChI is InChI=1S/C15H19ClN2O3/c16-10-5-6-12(11(9-10)13(17)19)18-15(14(20)21)7-3-1-2-4-8-15/h5-6,9,18H,1-4,7-8H2,(H2,17,19)(H,20,21). The van der Waals surface area contributed by atoms with Crippen molar-refractivity contribution in [2.75, 3.05) is 5.32 Å². The van der Waals surface area contributed by atoms with Gasteiger partial charge in [-0.25, -0.2) is 4.79 Å². The minimum atomic E-state index is -1.05. The van der Waals surface area contributed by atoms with Gasteiger partial charge in [0.2, 0.25) is 0 Å². The first-order chi connectivity index (χ1) is 9.94. The van der Waals surface area contributed by atoms with Crippen molar-refractivity contribution in [3.8, 4) is 0 Å². The van der Waals surface area contributed by atoms with Gasteiger partial charge < -0.3 is 16.2 Å². The largest absolute Gasteiger partial charge is 0.480 e. The SMILES string of the molecule is NC(=O)c1cc(Cl)ccc1NC1(C(=O)O)CCCCCC1. The zero-order chi connectivity index (χ0) is 15.5. The summed E-state index contributed by atoms with van der Waals surface area (Å²) in [5.41, 5.74) is 4.95. The maximum Gasteiger partial charge on any atom is 0.329 e. The fourth-order valence-corrected chi connectivity index (χ4v) is 2.98. The Morgan fingerprint density at radius 1 is 1.19 bits per heavy atom. The molecule has 5 nitrogen and oxygen atoms in total. The molecule has 0 saturated heterocycles. The Morgan fingerprint density at radius 3 is 2.33 bits per heavy atom. The Bertz CT molecular complexity index is 552. The van der Waals surface area contributed by atoms with Crippen LogP contribution in [0, 0.1) is 0 Å². The summed E-state index contributed by atoms with van der Waals surface area (Å²) in [6, 6.07) is 4.68. The number of nitrogens with one attached hydrogen (secondary N) is 1. The van der Waals surface area contributed by atoms with Gasteiger partial charge in [0, 0.05) is 10.7 Å². The molecule has 0 aromatic heterocycles. The summed E-state index contributed by atoms with van der Waals surface area (Å²) < 4.78 is 0. The van der Waals surface area contributed by atoms with E-state index in [1.165, 1.54) is 6.07 Å². The number of carbonyl (C=O) groups excluding carboxylic acids is 1. The van der Waals surface area contributed by atoms with Crippen LogP contribution in [0.1, 0.15) is 48.9 Å². The molecule has 21 heavy (non-hydrogen) atoms. The molecular weight excluding hydrogens is 292 g/mol. The van der Waals surface area contributed by atoms with Gasteiger partial charge in [-0.3, -0.25) is 4.79 Å². The highest BCUT2D eigenvalue weighted by molar-refractivity contribution is 6.31. The molecule has 1 saturated carbocycles. The average molecular weight is 311 g/mol. The molecule has 4 N–H and O–H groups in total. The van der Waals surface area contributed by atoms with Gasteiger partial charge in [-0.2, -0.15) is 0 Å². The third kappa shape index (κ3) is 3.47. The minimum absolute atomic E-state index is 0.215. The van der Waals surface area contributed by atoms with Gasteiger partial charge in [-0.05, 0) is 31.0 Å². The monoisotopic (exact) mass is 310 g/mol. The Balaban J connectivity index is 2.37. The average Bonchev–Trinajstić information content (AvgIpc) is 2.67. The molecule has 1 amide bonds. The van der Waals surface area contributed by atoms with Crippen molar-refractivity contribution in [2.24, 2.45) is 5.73 Å². The number of nitrogens with two attached hydrogens (primary N) is 1. The number of carbonyl (C=O) groups is 2. The lowest BCUT2D eigenvalue weighted by Gasteiger charge is -2.31. The molecule has 0 heterocycles. The molecule has 1 aliphatic carbocycles. The third-order valence-electron chi connectivity index (χ3n) is 3.99. The quantitative estimate of drug-likeness (QED) is 0.745. The molecule has 114 valence electrons. The molecule has 1 aromatic carbocycles. The number of anilines is 1. The van der Waals surface area contributed by atoms with E-state index in [9.17, 15) is 14.7 Å². The first-order valence-electron chi connectivity index (χ1n) is 7.05. The van der Waals surface area contributed by atoms with Gasteiger partial charge in [0.1, 0.15) is 5.54 Å². The number of aliphatic carboxylic acids is 1. The van der Waals surface area contributed by atoms with Crippen molar-refractivity contribution in [2.45, 2.75) is 44.1 Å². The Labute approximate surface area is 128 Å². The fourth-order valence-electron chi connectivity index (χ4n) is 2.81. The zero-order valence-electron chi connectivity index (χ0n) is 11.7. The smallest absolute Gasteiger partial charge is 0.329 e. The van der Waals surface area contributed by atoms with E-state index in [-0.39, 0.29) is 5.56 Å². The van der Waals surface area contributed by atoms with E-state index in [0.717, 1.165) is 25.7 Å². The van der Waals surface area contributed by atoms with Gasteiger partial charge in [-0.15, -0.1) is 0 Å². The number of carboxylic acids is 1. The molecule has 0 bridgehead atoms. The highest BCUT2D eigenvalue weighted by Gasteiger charge is 2.39. The zero-order valence-corrected chi connectivity index (χ0v) is 12.4. The van der Waals surface area contributed by atoms with Gasteiger partial charge in [0.15, 0.2) is 0 Å². The van der Waals surface area contributed by atoms with Crippen LogP contribution in [0.4, 0.5) is 5.69 Å². The summed E-state index contributed by atoms with van der Waals surface area (Å²) >= 11 is 5.88. The highest BCUT2D eigenvalue weighted by Crippen LogP contribution is 2.33. The first-order valence-corrected chi connectivity index (χ1v) is 7.43. The number of benzene rings is 1. The second kappa shape index (κ2) is 6.35. The molecule has 0 atom stereocenters. The predicted molar refractivity (Wildman–Crippen MR) is 81.7 cm³/mol. The first kappa shape index (κ1) is 15.6. The van der Waals surface area contributed by atoms with Crippen LogP contribution in [-0.4, -0.2) is 22.5 Å². The number of halogens is 1. The van der Waals surface area contributed by atoms with Crippen LogP contribution in [0.5, 0.6) is 0 Å². The topological polar surface area (TPSA) is 92.4 Å². The van der Waals surface area contributed by atoms with Crippen molar-refractivity contribution < 1.29 is 14.7 Å². The molecule has 2 rings (SSSR count). The van der Waals surface area contributed by atoms with Crippen molar-refractivity contribution in [3.63, 3.8) is 0 Å². The second-order valence-corrected chi connectivity index (χ2v) is 5.92. The van der Waals surface area contributed by atoms with Crippen molar-refractivity contribution >= 4 is 29.2 Å². The summed E-state index contributed by atoms with van der Waals surface area (Å²) in [6.45, 7) is 0. The van der Waals surface area contributed by atoms with E-state index in [0.29, 0.717) is 23.6 Å². The molecule has 0 radical (unpaired) electrons. The maximum atomic E-state index is 11.8. The molecule has 1 aliphatic rings. The van der Waals surface area contributed by atoms with E-state index in [4.69, 9.17) is 17.3 Å². The number of amides is 1. The molecule has 0 spiro atoms. The lowest BCUT2D eigenvalue weighted by molar-refractivity contribution is -0.142. The highest BCUT2D eigenvalue weighted by atomic mass is 35.5.